The smallest absolute Gasteiger partial charge is 0.271 e. The lowest BCUT2D eigenvalue weighted by molar-refractivity contribution is -0.384. The van der Waals surface area contributed by atoms with Crippen LogP contribution < -0.4 is 14.3 Å². The molecule has 0 unspecified atom stereocenters. The molecule has 14 heteroatoms. The van der Waals surface area contributed by atoms with Gasteiger partial charge >= 0.3 is 0 Å². The van der Waals surface area contributed by atoms with E-state index in [1.165, 1.54) is 60.7 Å². The van der Waals surface area contributed by atoms with E-state index in [2.05, 4.69) is 10.0 Å². The molecular formula is C22H21ClN4O7S2. The Morgan fingerprint density at radius 2 is 1.56 bits per heavy atom. The number of aryl methyl sites for hydroxylation is 1. The van der Waals surface area contributed by atoms with Crippen LogP contribution in [0.5, 0.6) is 0 Å². The van der Waals surface area contributed by atoms with Crippen molar-refractivity contribution in [1.29, 1.82) is 0 Å². The molecule has 0 aromatic heterocycles. The van der Waals surface area contributed by atoms with E-state index in [-0.39, 0.29) is 22.0 Å². The molecule has 2 N–H and O–H groups in total. The number of nitro benzene ring substituents is 1. The number of benzene rings is 3. The second kappa shape index (κ2) is 10.5. The van der Waals surface area contributed by atoms with Crippen molar-refractivity contribution in [3.05, 3.63) is 87.4 Å². The molecule has 190 valence electrons. The molecule has 36 heavy (non-hydrogen) atoms. The number of non-ortho nitro benzene ring substituents is 1. The van der Waals surface area contributed by atoms with Crippen LogP contribution in [-0.4, -0.2) is 40.5 Å². The van der Waals surface area contributed by atoms with E-state index in [9.17, 15) is 31.7 Å². The first-order valence-corrected chi connectivity index (χ1v) is 13.9. The largest absolute Gasteiger partial charge is 0.325 e. The van der Waals surface area contributed by atoms with Gasteiger partial charge in [-0.25, -0.2) is 16.8 Å². The second-order valence-corrected chi connectivity index (χ2v) is 11.7. The minimum absolute atomic E-state index is 0.00318. The number of nitrogens with one attached hydrogen (secondary N) is 2. The van der Waals surface area contributed by atoms with E-state index in [0.29, 0.717) is 16.3 Å². The van der Waals surface area contributed by atoms with Crippen LogP contribution in [0.4, 0.5) is 22.7 Å². The number of amides is 1. The van der Waals surface area contributed by atoms with Gasteiger partial charge in [0.05, 0.1) is 21.8 Å². The molecule has 0 aliphatic carbocycles. The van der Waals surface area contributed by atoms with Crippen LogP contribution in [0.1, 0.15) is 5.56 Å². The van der Waals surface area contributed by atoms with E-state index < -0.39 is 37.4 Å². The Labute approximate surface area is 213 Å². The third-order valence-corrected chi connectivity index (χ3v) is 7.68. The van der Waals surface area contributed by atoms with Crippen molar-refractivity contribution >= 4 is 60.3 Å². The first-order valence-electron chi connectivity index (χ1n) is 10.2. The van der Waals surface area contributed by atoms with E-state index in [4.69, 9.17) is 11.6 Å². The molecule has 0 saturated carbocycles. The highest BCUT2D eigenvalue weighted by molar-refractivity contribution is 7.92. The molecule has 0 spiro atoms. The Bertz CT molecular complexity index is 1510. The lowest BCUT2D eigenvalue weighted by Gasteiger charge is -2.23. The Morgan fingerprint density at radius 1 is 0.972 bits per heavy atom. The maximum Gasteiger partial charge on any atom is 0.271 e. The van der Waals surface area contributed by atoms with E-state index in [1.807, 2.05) is 0 Å². The van der Waals surface area contributed by atoms with Gasteiger partial charge in [0, 0.05) is 28.5 Å². The standard InChI is InChI=1S/C22H21ClN4O7S2/c1-15-3-10-19(27(29)30)13-21(15)26(35(2,31)32)14-22(28)24-17-8-11-20(12-9-17)36(33,34)25-18-6-4-16(23)5-7-18/h3-13,25H,14H2,1-2H3,(H,24,28). The Balaban J connectivity index is 1.76. The molecule has 11 nitrogen and oxygen atoms in total. The van der Waals surface area contributed by atoms with Gasteiger partial charge in [0.25, 0.3) is 15.7 Å². The third kappa shape index (κ3) is 6.71. The van der Waals surface area contributed by atoms with Crippen molar-refractivity contribution in [2.75, 3.05) is 27.1 Å². The van der Waals surface area contributed by atoms with E-state index in [1.54, 1.807) is 6.92 Å². The van der Waals surface area contributed by atoms with Crippen LogP contribution in [0.25, 0.3) is 0 Å². The van der Waals surface area contributed by atoms with E-state index >= 15 is 0 Å². The van der Waals surface area contributed by atoms with Crippen molar-refractivity contribution in [3.8, 4) is 0 Å². The lowest BCUT2D eigenvalue weighted by atomic mass is 10.2. The second-order valence-electron chi connectivity index (χ2n) is 7.68. The maximum absolute atomic E-state index is 12.6. The summed E-state index contributed by atoms with van der Waals surface area (Å²) in [6.07, 6.45) is 0.881. The highest BCUT2D eigenvalue weighted by atomic mass is 35.5. The minimum atomic E-state index is -3.97. The number of carbonyl (C=O) groups excluding carboxylic acids is 1. The topological polar surface area (TPSA) is 156 Å². The molecule has 0 saturated heterocycles. The van der Waals surface area contributed by atoms with Gasteiger partial charge in [-0.2, -0.15) is 0 Å². The maximum atomic E-state index is 12.6. The van der Waals surface area contributed by atoms with Gasteiger partial charge < -0.3 is 5.32 Å². The van der Waals surface area contributed by atoms with Gasteiger partial charge in [-0.15, -0.1) is 0 Å². The van der Waals surface area contributed by atoms with Crippen molar-refractivity contribution in [1.82, 2.24) is 0 Å². The molecule has 0 bridgehead atoms. The summed E-state index contributed by atoms with van der Waals surface area (Å²) in [6.45, 7) is 0.908. The van der Waals surface area contributed by atoms with Crippen LogP contribution in [0.15, 0.2) is 71.6 Å². The number of halogens is 1. The normalized spacial score (nSPS) is 11.5. The molecule has 0 aliphatic rings. The SMILES string of the molecule is Cc1ccc([N+](=O)[O-])cc1N(CC(=O)Nc1ccc(S(=O)(=O)Nc2ccc(Cl)cc2)cc1)S(C)(=O)=O. The first-order chi connectivity index (χ1) is 16.8. The molecule has 0 aliphatic heterocycles. The summed E-state index contributed by atoms with van der Waals surface area (Å²) in [5, 5.41) is 14.1. The quantitative estimate of drug-likeness (QED) is 0.302. The van der Waals surface area contributed by atoms with Crippen molar-refractivity contribution in [3.63, 3.8) is 0 Å². The fourth-order valence-electron chi connectivity index (χ4n) is 3.14. The fourth-order valence-corrected chi connectivity index (χ4v) is 5.23. The molecule has 0 radical (unpaired) electrons. The van der Waals surface area contributed by atoms with Gasteiger partial charge in [0.15, 0.2) is 0 Å². The summed E-state index contributed by atoms with van der Waals surface area (Å²) in [7, 11) is -7.88. The van der Waals surface area contributed by atoms with Crippen LogP contribution in [0, 0.1) is 17.0 Å². The molecule has 1 amide bonds. The fraction of sp³-hybridized carbons (Fsp3) is 0.136. The van der Waals surface area contributed by atoms with Crippen LogP contribution in [-0.2, 0) is 24.8 Å². The molecule has 0 heterocycles. The Kier molecular flexibility index (Phi) is 7.86. The number of rotatable bonds is 9. The summed E-state index contributed by atoms with van der Waals surface area (Å²) < 4.78 is 53.1. The Morgan fingerprint density at radius 3 is 2.11 bits per heavy atom. The zero-order valence-electron chi connectivity index (χ0n) is 19.0. The van der Waals surface area contributed by atoms with Crippen LogP contribution >= 0.6 is 11.6 Å². The predicted octanol–water partition coefficient (Wildman–Crippen LogP) is 3.76. The summed E-state index contributed by atoms with van der Waals surface area (Å²) in [4.78, 5) is 23.0. The molecule has 3 aromatic carbocycles. The van der Waals surface area contributed by atoms with Gasteiger partial charge in [0.2, 0.25) is 15.9 Å². The number of carbonyl (C=O) groups is 1. The summed E-state index contributed by atoms with van der Waals surface area (Å²) in [5.41, 5.74) is 0.621. The van der Waals surface area contributed by atoms with Crippen molar-refractivity contribution in [2.45, 2.75) is 11.8 Å². The number of hydrogen-bond acceptors (Lipinski definition) is 7. The number of sulfonamides is 2. The minimum Gasteiger partial charge on any atom is -0.325 e. The van der Waals surface area contributed by atoms with Gasteiger partial charge in [0.1, 0.15) is 6.54 Å². The Hall–Kier alpha value is -3.68. The van der Waals surface area contributed by atoms with Gasteiger partial charge in [-0.3, -0.25) is 23.9 Å². The first kappa shape index (κ1) is 26.9. The molecular weight excluding hydrogens is 532 g/mol. The average Bonchev–Trinajstić information content (AvgIpc) is 2.79. The number of anilines is 3. The third-order valence-electron chi connectivity index (χ3n) is 4.90. The molecule has 3 aromatic rings. The average molecular weight is 553 g/mol. The van der Waals surface area contributed by atoms with E-state index in [0.717, 1.165) is 16.6 Å². The van der Waals surface area contributed by atoms with Crippen LogP contribution in [0.2, 0.25) is 5.02 Å². The zero-order chi connectivity index (χ0) is 26.7. The highest BCUT2D eigenvalue weighted by Crippen LogP contribution is 2.27. The van der Waals surface area contributed by atoms with Crippen molar-refractivity contribution < 1.29 is 26.6 Å². The molecule has 0 fully saturated rings. The molecule has 0 atom stereocenters. The summed E-state index contributed by atoms with van der Waals surface area (Å²) >= 11 is 5.80. The highest BCUT2D eigenvalue weighted by Gasteiger charge is 2.24. The molecule has 3 rings (SSSR count). The number of hydrogen-bond donors (Lipinski definition) is 2. The number of nitrogens with zero attached hydrogens (tertiary/aromatic N) is 2. The summed E-state index contributed by atoms with van der Waals surface area (Å²) in [6, 6.07) is 15.0. The zero-order valence-corrected chi connectivity index (χ0v) is 21.4. The lowest BCUT2D eigenvalue weighted by Crippen LogP contribution is -2.37. The van der Waals surface area contributed by atoms with Gasteiger partial charge in [-0.1, -0.05) is 17.7 Å². The summed E-state index contributed by atoms with van der Waals surface area (Å²) in [5.74, 6) is -0.735. The van der Waals surface area contributed by atoms with Gasteiger partial charge in [-0.05, 0) is 61.0 Å². The monoisotopic (exact) mass is 552 g/mol. The van der Waals surface area contributed by atoms with Crippen LogP contribution in [0.3, 0.4) is 0 Å². The van der Waals surface area contributed by atoms with Crippen molar-refractivity contribution in [2.24, 2.45) is 0 Å². The number of nitro groups is 1. The predicted molar refractivity (Wildman–Crippen MR) is 137 cm³/mol.